The predicted molar refractivity (Wildman–Crippen MR) is 87.5 cm³/mol. The summed E-state index contributed by atoms with van der Waals surface area (Å²) in [4.78, 5) is 3.69. The zero-order valence-electron chi connectivity index (χ0n) is 14.3. The number of rotatable bonds is 8. The van der Waals surface area contributed by atoms with Gasteiger partial charge in [0.2, 0.25) is 0 Å². The highest BCUT2D eigenvalue weighted by Gasteiger charge is 2.50. The Labute approximate surface area is 155 Å². The molecule has 1 atom stereocenters. The van der Waals surface area contributed by atoms with E-state index in [1.54, 1.807) is 0 Å². The minimum atomic E-state index is -4.34. The van der Waals surface area contributed by atoms with Crippen molar-refractivity contribution in [2.75, 3.05) is 5.75 Å². The van der Waals surface area contributed by atoms with Crippen LogP contribution in [0.4, 0.5) is 26.3 Å². The van der Waals surface area contributed by atoms with Gasteiger partial charge in [-0.25, -0.2) is 27.2 Å². The average Bonchev–Trinajstić information content (AvgIpc) is 3.05. The van der Waals surface area contributed by atoms with Crippen molar-refractivity contribution < 1.29 is 31.4 Å². The number of hydrogen-bond acceptors (Lipinski definition) is 4. The first-order chi connectivity index (χ1) is 12.4. The molecule has 2 aromatic rings. The fourth-order valence-electron chi connectivity index (χ4n) is 2.50. The normalized spacial score (nSPS) is 15.2. The second kappa shape index (κ2) is 7.70. The van der Waals surface area contributed by atoms with Gasteiger partial charge in [0.1, 0.15) is 29.9 Å². The van der Waals surface area contributed by atoms with Gasteiger partial charge in [0.15, 0.2) is 0 Å². The van der Waals surface area contributed by atoms with E-state index in [1.807, 2.05) is 0 Å². The first-order valence-corrected chi connectivity index (χ1v) is 8.68. The summed E-state index contributed by atoms with van der Waals surface area (Å²) in [6.07, 6.45) is -1.54. The molecule has 4 nitrogen and oxygen atoms in total. The Morgan fingerprint density at radius 2 is 1.89 bits per heavy atom. The van der Waals surface area contributed by atoms with E-state index in [0.717, 1.165) is 23.1 Å². The van der Waals surface area contributed by atoms with Gasteiger partial charge >= 0.3 is 11.7 Å². The minimum absolute atomic E-state index is 0.348. The highest BCUT2D eigenvalue weighted by Crippen LogP contribution is 2.47. The molecule has 1 aromatic heterocycles. The molecule has 1 unspecified atom stereocenters. The summed E-state index contributed by atoms with van der Waals surface area (Å²) in [6.45, 7) is 2.23. The van der Waals surface area contributed by atoms with Crippen molar-refractivity contribution in [2.24, 2.45) is 5.41 Å². The van der Waals surface area contributed by atoms with E-state index in [9.17, 15) is 31.4 Å². The molecule has 0 amide bonds. The Kier molecular flexibility index (Phi) is 6.15. The van der Waals surface area contributed by atoms with Gasteiger partial charge in [-0.05, 0) is 6.07 Å². The van der Waals surface area contributed by atoms with Crippen molar-refractivity contribution in [1.29, 1.82) is 0 Å². The Bertz CT molecular complexity index is 772. The zero-order chi connectivity index (χ0) is 20.5. The number of benzene rings is 1. The molecule has 27 heavy (non-hydrogen) atoms. The molecule has 11 heteroatoms. The molecule has 2 rings (SSSR count). The van der Waals surface area contributed by atoms with E-state index in [0.29, 0.717) is 6.07 Å². The van der Waals surface area contributed by atoms with Crippen LogP contribution < -0.4 is 0 Å². The smallest absolute Gasteiger partial charge is 0.353 e. The number of nitrogens with zero attached hydrogens (tertiary/aromatic N) is 3. The van der Waals surface area contributed by atoms with Crippen LogP contribution in [0.2, 0.25) is 0 Å². The number of alkyl halides is 4. The largest absolute Gasteiger partial charge is 0.383 e. The van der Waals surface area contributed by atoms with E-state index in [4.69, 9.17) is 0 Å². The molecule has 1 heterocycles. The van der Waals surface area contributed by atoms with Gasteiger partial charge < -0.3 is 5.11 Å². The molecule has 0 bridgehead atoms. The fraction of sp³-hybridized carbons (Fsp3) is 0.500. The van der Waals surface area contributed by atoms with E-state index in [-0.39, 0.29) is 17.3 Å². The third-order valence-electron chi connectivity index (χ3n) is 4.23. The van der Waals surface area contributed by atoms with Crippen LogP contribution in [0.3, 0.4) is 0 Å². The lowest BCUT2D eigenvalue weighted by Gasteiger charge is -2.43. The maximum Gasteiger partial charge on any atom is 0.353 e. The SMILES string of the molecule is CC(C)(CSC(F)(F)C(F)F)C(O)(Cn1cncn1)c1ccc(F)cc1F. The third-order valence-corrected chi connectivity index (χ3v) is 5.66. The van der Waals surface area contributed by atoms with Crippen LogP contribution in [0.25, 0.3) is 0 Å². The number of aliphatic hydroxyl groups is 1. The summed E-state index contributed by atoms with van der Waals surface area (Å²) >= 11 is -0.348. The molecule has 1 N–H and O–H groups in total. The molecule has 0 radical (unpaired) electrons. The number of halogens is 6. The first-order valence-electron chi connectivity index (χ1n) is 7.69. The van der Waals surface area contributed by atoms with Crippen molar-refractivity contribution >= 4 is 11.8 Å². The number of aromatic nitrogens is 3. The van der Waals surface area contributed by atoms with Crippen LogP contribution in [-0.2, 0) is 12.1 Å². The predicted octanol–water partition coefficient (Wildman–Crippen LogP) is 4.06. The molecule has 1 aromatic carbocycles. The Morgan fingerprint density at radius 1 is 1.22 bits per heavy atom. The highest BCUT2D eigenvalue weighted by molar-refractivity contribution is 8.00. The minimum Gasteiger partial charge on any atom is -0.383 e. The van der Waals surface area contributed by atoms with E-state index < -0.39 is 46.6 Å². The summed E-state index contributed by atoms with van der Waals surface area (Å²) < 4.78 is 80.4. The van der Waals surface area contributed by atoms with Crippen LogP contribution in [0, 0.1) is 17.0 Å². The summed E-state index contributed by atoms with van der Waals surface area (Å²) in [5.41, 5.74) is -4.09. The molecule has 0 saturated heterocycles. The second-order valence-corrected chi connectivity index (χ2v) is 7.73. The van der Waals surface area contributed by atoms with E-state index in [1.165, 1.54) is 20.2 Å². The topological polar surface area (TPSA) is 50.9 Å². The van der Waals surface area contributed by atoms with Crippen LogP contribution in [0.15, 0.2) is 30.9 Å². The van der Waals surface area contributed by atoms with Gasteiger partial charge in [-0.2, -0.15) is 13.9 Å². The van der Waals surface area contributed by atoms with Gasteiger partial charge in [0.05, 0.1) is 6.54 Å². The lowest BCUT2D eigenvalue weighted by Crippen LogP contribution is -2.48. The van der Waals surface area contributed by atoms with Gasteiger partial charge in [-0.3, -0.25) is 0 Å². The van der Waals surface area contributed by atoms with Crippen molar-refractivity contribution in [1.82, 2.24) is 14.8 Å². The van der Waals surface area contributed by atoms with Crippen molar-refractivity contribution in [2.45, 2.75) is 37.7 Å². The Morgan fingerprint density at radius 3 is 2.41 bits per heavy atom. The quantitative estimate of drug-likeness (QED) is 0.664. The van der Waals surface area contributed by atoms with E-state index in [2.05, 4.69) is 10.1 Å². The van der Waals surface area contributed by atoms with Crippen molar-refractivity contribution in [3.05, 3.63) is 48.1 Å². The molecule has 0 spiro atoms. The molecular weight excluding hydrogens is 396 g/mol. The molecular formula is C16H17F6N3OS. The second-order valence-electron chi connectivity index (χ2n) is 6.61. The van der Waals surface area contributed by atoms with Gasteiger partial charge in [0, 0.05) is 22.8 Å². The maximum absolute atomic E-state index is 14.4. The Hall–Kier alpha value is -1.75. The third kappa shape index (κ3) is 4.57. The fourth-order valence-corrected chi connectivity index (χ4v) is 3.41. The lowest BCUT2D eigenvalue weighted by atomic mass is 9.71. The maximum atomic E-state index is 14.4. The van der Waals surface area contributed by atoms with Crippen molar-refractivity contribution in [3.63, 3.8) is 0 Å². The molecule has 150 valence electrons. The van der Waals surface area contributed by atoms with Crippen LogP contribution in [0.5, 0.6) is 0 Å². The average molecular weight is 413 g/mol. The summed E-state index contributed by atoms with van der Waals surface area (Å²) in [6, 6.07) is 2.43. The zero-order valence-corrected chi connectivity index (χ0v) is 15.2. The molecule has 0 fully saturated rings. The number of thioether (sulfide) groups is 1. The number of hydrogen-bond donors (Lipinski definition) is 1. The molecule has 0 aliphatic carbocycles. The summed E-state index contributed by atoms with van der Waals surface area (Å²) in [5.74, 6) is -2.64. The highest BCUT2D eigenvalue weighted by atomic mass is 32.2. The standard InChI is InChI=1S/C16H17F6N3OS/c1-14(2,7-27-16(21,22)13(19)20)15(26,6-25-9-23-8-24-25)11-4-3-10(17)5-12(11)18/h3-5,8-9,13,26H,6-7H2,1-2H3. The summed E-state index contributed by atoms with van der Waals surface area (Å²) in [5, 5.41) is 10.8. The first kappa shape index (κ1) is 21.5. The van der Waals surface area contributed by atoms with Gasteiger partial charge in [-0.1, -0.05) is 31.7 Å². The lowest BCUT2D eigenvalue weighted by molar-refractivity contribution is -0.0832. The van der Waals surface area contributed by atoms with Gasteiger partial charge in [0.25, 0.3) is 0 Å². The van der Waals surface area contributed by atoms with Crippen LogP contribution in [0.1, 0.15) is 19.4 Å². The van der Waals surface area contributed by atoms with Crippen LogP contribution >= 0.6 is 11.8 Å². The molecule has 0 aliphatic heterocycles. The molecule has 0 aliphatic rings. The summed E-state index contributed by atoms with van der Waals surface area (Å²) in [7, 11) is 0. The van der Waals surface area contributed by atoms with Crippen LogP contribution in [-0.4, -0.2) is 37.3 Å². The monoisotopic (exact) mass is 413 g/mol. The Balaban J connectivity index is 2.44. The van der Waals surface area contributed by atoms with E-state index >= 15 is 0 Å². The molecule has 0 saturated carbocycles. The van der Waals surface area contributed by atoms with Crippen molar-refractivity contribution in [3.8, 4) is 0 Å². The van der Waals surface area contributed by atoms with Gasteiger partial charge in [-0.15, -0.1) is 0 Å².